The zero-order valence-corrected chi connectivity index (χ0v) is 15.4. The Labute approximate surface area is 149 Å². The number of amides is 1. The SMILES string of the molecule is Cc1c(Cl)cccc1NC(=O)C[NH+](C)Cc1ccc(N(C)C)cc1. The van der Waals surface area contributed by atoms with E-state index in [9.17, 15) is 4.79 Å². The molecule has 0 aliphatic heterocycles. The summed E-state index contributed by atoms with van der Waals surface area (Å²) in [5.41, 5.74) is 4.05. The molecule has 1 unspecified atom stereocenters. The predicted octanol–water partition coefficient (Wildman–Crippen LogP) is 2.37. The van der Waals surface area contributed by atoms with Gasteiger partial charge in [0.15, 0.2) is 6.54 Å². The zero-order valence-electron chi connectivity index (χ0n) is 14.7. The van der Waals surface area contributed by atoms with E-state index in [0.29, 0.717) is 11.6 Å². The molecule has 0 aromatic heterocycles. The molecule has 0 saturated heterocycles. The maximum Gasteiger partial charge on any atom is 0.279 e. The Morgan fingerprint density at radius 2 is 1.83 bits per heavy atom. The van der Waals surface area contributed by atoms with Gasteiger partial charge in [-0.05, 0) is 36.8 Å². The summed E-state index contributed by atoms with van der Waals surface area (Å²) in [5.74, 6) is -0.0113. The van der Waals surface area contributed by atoms with Gasteiger partial charge in [0, 0.05) is 36.1 Å². The second-order valence-electron chi connectivity index (χ2n) is 6.33. The number of carbonyl (C=O) groups excluding carboxylic acids is 1. The first-order valence-corrected chi connectivity index (χ1v) is 8.37. The molecule has 0 bridgehead atoms. The number of quaternary nitrogens is 1. The summed E-state index contributed by atoms with van der Waals surface area (Å²) in [6.45, 7) is 3.11. The van der Waals surface area contributed by atoms with E-state index in [-0.39, 0.29) is 5.91 Å². The van der Waals surface area contributed by atoms with E-state index in [1.54, 1.807) is 0 Å². The topological polar surface area (TPSA) is 36.8 Å². The van der Waals surface area contributed by atoms with E-state index in [4.69, 9.17) is 11.6 Å². The summed E-state index contributed by atoms with van der Waals surface area (Å²) in [6.07, 6.45) is 0. The first-order valence-electron chi connectivity index (χ1n) is 7.99. The fraction of sp³-hybridized carbons (Fsp3) is 0.316. The number of halogens is 1. The lowest BCUT2D eigenvalue weighted by atomic mass is 10.2. The van der Waals surface area contributed by atoms with Gasteiger partial charge in [0.25, 0.3) is 5.91 Å². The number of carbonyl (C=O) groups is 1. The van der Waals surface area contributed by atoms with Crippen molar-refractivity contribution in [2.75, 3.05) is 37.9 Å². The van der Waals surface area contributed by atoms with Gasteiger partial charge in [0.05, 0.1) is 7.05 Å². The molecule has 2 rings (SSSR count). The number of hydrogen-bond donors (Lipinski definition) is 2. The van der Waals surface area contributed by atoms with E-state index in [0.717, 1.165) is 22.7 Å². The molecule has 0 heterocycles. The highest BCUT2D eigenvalue weighted by Crippen LogP contribution is 2.22. The van der Waals surface area contributed by atoms with Crippen molar-refractivity contribution in [3.05, 3.63) is 58.6 Å². The van der Waals surface area contributed by atoms with Crippen LogP contribution >= 0.6 is 11.6 Å². The molecule has 0 saturated carbocycles. The van der Waals surface area contributed by atoms with Gasteiger partial charge in [-0.1, -0.05) is 29.8 Å². The normalized spacial score (nSPS) is 11.9. The van der Waals surface area contributed by atoms with E-state index in [1.165, 1.54) is 11.3 Å². The lowest BCUT2D eigenvalue weighted by Gasteiger charge is -2.16. The quantitative estimate of drug-likeness (QED) is 0.842. The predicted molar refractivity (Wildman–Crippen MR) is 101 cm³/mol. The minimum absolute atomic E-state index is 0.0113. The molecule has 5 heteroatoms. The molecule has 0 spiro atoms. The maximum atomic E-state index is 12.2. The maximum absolute atomic E-state index is 12.2. The van der Waals surface area contributed by atoms with Gasteiger partial charge in [-0.25, -0.2) is 0 Å². The Morgan fingerprint density at radius 3 is 2.46 bits per heavy atom. The average molecular weight is 347 g/mol. The first kappa shape index (κ1) is 18.3. The number of anilines is 2. The zero-order chi connectivity index (χ0) is 17.7. The van der Waals surface area contributed by atoms with Crippen LogP contribution < -0.4 is 15.1 Å². The Kier molecular flexibility index (Phi) is 6.23. The fourth-order valence-electron chi connectivity index (χ4n) is 2.53. The highest BCUT2D eigenvalue weighted by atomic mass is 35.5. The van der Waals surface area contributed by atoms with Crippen LogP contribution in [0.3, 0.4) is 0 Å². The van der Waals surface area contributed by atoms with Crippen molar-refractivity contribution in [1.29, 1.82) is 0 Å². The Balaban J connectivity index is 1.90. The van der Waals surface area contributed by atoms with Gasteiger partial charge in [0.1, 0.15) is 6.54 Å². The van der Waals surface area contributed by atoms with Crippen molar-refractivity contribution in [3.8, 4) is 0 Å². The minimum atomic E-state index is -0.0113. The number of likely N-dealkylation sites (N-methyl/N-ethyl adjacent to an activating group) is 1. The summed E-state index contributed by atoms with van der Waals surface area (Å²) >= 11 is 6.09. The third kappa shape index (κ3) is 4.98. The van der Waals surface area contributed by atoms with Crippen molar-refractivity contribution >= 4 is 28.9 Å². The molecule has 2 aromatic carbocycles. The Morgan fingerprint density at radius 1 is 1.17 bits per heavy atom. The standard InChI is InChI=1S/C19H24ClN3O/c1-14-17(20)6-5-7-18(14)21-19(24)13-23(4)12-15-8-10-16(11-9-15)22(2)3/h5-11H,12-13H2,1-4H3,(H,21,24)/p+1. The van der Waals surface area contributed by atoms with Crippen LogP contribution in [0.5, 0.6) is 0 Å². The van der Waals surface area contributed by atoms with Crippen LogP contribution in [0.15, 0.2) is 42.5 Å². The largest absolute Gasteiger partial charge is 0.378 e. The van der Waals surface area contributed by atoms with E-state index in [1.807, 2.05) is 46.3 Å². The molecule has 0 aliphatic rings. The smallest absolute Gasteiger partial charge is 0.279 e. The van der Waals surface area contributed by atoms with Crippen LogP contribution in [0.2, 0.25) is 5.02 Å². The van der Waals surface area contributed by atoms with E-state index >= 15 is 0 Å². The lowest BCUT2D eigenvalue weighted by Crippen LogP contribution is -3.08. The number of nitrogens with one attached hydrogen (secondary N) is 2. The van der Waals surface area contributed by atoms with Crippen LogP contribution in [0, 0.1) is 6.92 Å². The van der Waals surface area contributed by atoms with Crippen molar-refractivity contribution in [2.24, 2.45) is 0 Å². The van der Waals surface area contributed by atoms with Crippen molar-refractivity contribution in [3.63, 3.8) is 0 Å². The Bertz CT molecular complexity index is 698. The van der Waals surface area contributed by atoms with Crippen LogP contribution in [0.25, 0.3) is 0 Å². The van der Waals surface area contributed by atoms with Gasteiger partial charge < -0.3 is 15.1 Å². The third-order valence-electron chi connectivity index (χ3n) is 3.96. The van der Waals surface area contributed by atoms with Gasteiger partial charge in [-0.2, -0.15) is 0 Å². The summed E-state index contributed by atoms with van der Waals surface area (Å²) in [7, 11) is 6.06. The monoisotopic (exact) mass is 346 g/mol. The van der Waals surface area contributed by atoms with Crippen LogP contribution in [0.1, 0.15) is 11.1 Å². The molecule has 2 aromatic rings. The molecule has 0 fully saturated rings. The van der Waals surface area contributed by atoms with Gasteiger partial charge in [-0.15, -0.1) is 0 Å². The summed E-state index contributed by atoms with van der Waals surface area (Å²) < 4.78 is 0. The molecule has 2 N–H and O–H groups in total. The Hall–Kier alpha value is -2.04. The second kappa shape index (κ2) is 8.18. The summed E-state index contributed by atoms with van der Waals surface area (Å²) in [6, 6.07) is 13.9. The van der Waals surface area contributed by atoms with Crippen molar-refractivity contribution < 1.29 is 9.69 Å². The highest BCUT2D eigenvalue weighted by molar-refractivity contribution is 6.31. The van der Waals surface area contributed by atoms with Gasteiger partial charge >= 0.3 is 0 Å². The molecule has 1 amide bonds. The highest BCUT2D eigenvalue weighted by Gasteiger charge is 2.12. The van der Waals surface area contributed by atoms with Crippen LogP contribution in [-0.2, 0) is 11.3 Å². The minimum Gasteiger partial charge on any atom is -0.378 e. The molecule has 4 nitrogen and oxygen atoms in total. The number of nitrogens with zero attached hydrogens (tertiary/aromatic N) is 1. The molecule has 0 aliphatic carbocycles. The number of hydrogen-bond acceptors (Lipinski definition) is 2. The molecule has 0 radical (unpaired) electrons. The van der Waals surface area contributed by atoms with Gasteiger partial charge in [-0.3, -0.25) is 4.79 Å². The van der Waals surface area contributed by atoms with Crippen molar-refractivity contribution in [1.82, 2.24) is 0 Å². The molecular weight excluding hydrogens is 322 g/mol. The molecule has 24 heavy (non-hydrogen) atoms. The second-order valence-corrected chi connectivity index (χ2v) is 6.74. The summed E-state index contributed by atoms with van der Waals surface area (Å²) in [4.78, 5) is 15.4. The van der Waals surface area contributed by atoms with E-state index in [2.05, 4.69) is 34.5 Å². The third-order valence-corrected chi connectivity index (χ3v) is 4.37. The molecule has 128 valence electrons. The average Bonchev–Trinajstić information content (AvgIpc) is 2.52. The number of benzene rings is 2. The number of rotatable bonds is 6. The fourth-order valence-corrected chi connectivity index (χ4v) is 2.71. The van der Waals surface area contributed by atoms with E-state index < -0.39 is 0 Å². The van der Waals surface area contributed by atoms with Crippen LogP contribution in [0.4, 0.5) is 11.4 Å². The van der Waals surface area contributed by atoms with Crippen LogP contribution in [-0.4, -0.2) is 33.6 Å². The lowest BCUT2D eigenvalue weighted by molar-refractivity contribution is -0.885. The molecular formula is C19H25ClN3O+. The summed E-state index contributed by atoms with van der Waals surface area (Å²) in [5, 5.41) is 3.60. The first-order chi connectivity index (χ1) is 11.4. The van der Waals surface area contributed by atoms with Crippen molar-refractivity contribution in [2.45, 2.75) is 13.5 Å². The van der Waals surface area contributed by atoms with Gasteiger partial charge in [0.2, 0.25) is 0 Å². The molecule has 1 atom stereocenters.